The number of nitrogens with one attached hydrogen (secondary N) is 1. The number of nitrogens with zero attached hydrogens (tertiary/aromatic N) is 4. The van der Waals surface area contributed by atoms with E-state index in [2.05, 4.69) is 21.6 Å². The lowest BCUT2D eigenvalue weighted by molar-refractivity contribution is -0.119. The summed E-state index contributed by atoms with van der Waals surface area (Å²) in [5.74, 6) is 1.10. The third-order valence-corrected chi connectivity index (χ3v) is 5.52. The number of nitriles is 1. The van der Waals surface area contributed by atoms with Gasteiger partial charge in [-0.25, -0.2) is 0 Å². The Labute approximate surface area is 151 Å². The number of aryl methyl sites for hydroxylation is 1. The Morgan fingerprint density at radius 1 is 1.40 bits per heavy atom. The predicted molar refractivity (Wildman–Crippen MR) is 96.8 cm³/mol. The van der Waals surface area contributed by atoms with Gasteiger partial charge < -0.3 is 9.88 Å². The maximum absolute atomic E-state index is 12.2. The molecular formula is C18H21N5OS. The van der Waals surface area contributed by atoms with Crippen molar-refractivity contribution < 1.29 is 4.79 Å². The Bertz CT molecular complexity index is 819. The molecule has 2 aromatic rings. The Morgan fingerprint density at radius 2 is 2.08 bits per heavy atom. The van der Waals surface area contributed by atoms with Crippen LogP contribution in [0.5, 0.6) is 0 Å². The number of rotatable bonds is 6. The second-order valence-corrected chi connectivity index (χ2v) is 7.60. The number of thioether (sulfide) groups is 1. The van der Waals surface area contributed by atoms with Gasteiger partial charge in [-0.15, -0.1) is 10.2 Å². The van der Waals surface area contributed by atoms with E-state index in [0.29, 0.717) is 5.16 Å². The molecule has 0 aliphatic heterocycles. The van der Waals surface area contributed by atoms with Gasteiger partial charge in [0.25, 0.3) is 0 Å². The number of amides is 1. The van der Waals surface area contributed by atoms with Crippen LogP contribution in [-0.4, -0.2) is 32.0 Å². The van der Waals surface area contributed by atoms with E-state index in [9.17, 15) is 10.1 Å². The smallest absolute Gasteiger partial charge is 0.231 e. The topological polar surface area (TPSA) is 83.6 Å². The van der Waals surface area contributed by atoms with Crippen molar-refractivity contribution in [3.63, 3.8) is 0 Å². The summed E-state index contributed by atoms with van der Waals surface area (Å²) in [6.07, 6.45) is 2.00. The van der Waals surface area contributed by atoms with Crippen molar-refractivity contribution in [2.24, 2.45) is 13.0 Å². The molecule has 1 N–H and O–H groups in total. The number of benzene rings is 1. The first-order valence-corrected chi connectivity index (χ1v) is 9.23. The quantitative estimate of drug-likeness (QED) is 0.806. The summed E-state index contributed by atoms with van der Waals surface area (Å²) < 4.78 is 1.88. The standard InChI is InChI=1S/C18H21N5OS/c1-12-4-6-13(7-5-12)16-21-22-17(23(16)3)25-10-15(24)20-18(2,11-19)14-8-9-14/h4-7,14H,8-10H2,1-3H3,(H,20,24). The van der Waals surface area contributed by atoms with Crippen molar-refractivity contribution in [1.82, 2.24) is 20.1 Å². The van der Waals surface area contributed by atoms with Gasteiger partial charge in [-0.05, 0) is 32.6 Å². The molecule has 0 saturated heterocycles. The van der Waals surface area contributed by atoms with Crippen LogP contribution < -0.4 is 5.32 Å². The molecule has 7 heteroatoms. The van der Waals surface area contributed by atoms with Gasteiger partial charge in [0.2, 0.25) is 5.91 Å². The molecule has 1 fully saturated rings. The Morgan fingerprint density at radius 3 is 2.68 bits per heavy atom. The molecule has 1 aliphatic rings. The van der Waals surface area contributed by atoms with E-state index >= 15 is 0 Å². The summed E-state index contributed by atoms with van der Waals surface area (Å²) >= 11 is 1.33. The zero-order valence-electron chi connectivity index (χ0n) is 14.6. The highest BCUT2D eigenvalue weighted by atomic mass is 32.2. The summed E-state index contributed by atoms with van der Waals surface area (Å²) in [6.45, 7) is 3.84. The van der Waals surface area contributed by atoms with Crippen molar-refractivity contribution in [1.29, 1.82) is 5.26 Å². The average Bonchev–Trinajstić information content (AvgIpc) is 3.39. The molecule has 6 nitrogen and oxygen atoms in total. The maximum Gasteiger partial charge on any atom is 0.231 e. The van der Waals surface area contributed by atoms with E-state index in [1.54, 1.807) is 6.92 Å². The van der Waals surface area contributed by atoms with Crippen molar-refractivity contribution in [2.75, 3.05) is 5.75 Å². The third kappa shape index (κ3) is 3.85. The molecule has 3 rings (SSSR count). The first kappa shape index (κ1) is 17.5. The van der Waals surface area contributed by atoms with Gasteiger partial charge in [0.1, 0.15) is 5.54 Å². The molecule has 0 bridgehead atoms. The van der Waals surface area contributed by atoms with Crippen LogP contribution >= 0.6 is 11.8 Å². The minimum absolute atomic E-state index is 0.152. The first-order valence-electron chi connectivity index (χ1n) is 8.24. The normalized spacial score (nSPS) is 16.1. The fourth-order valence-corrected chi connectivity index (χ4v) is 3.44. The minimum Gasteiger partial charge on any atom is -0.337 e. The summed E-state index contributed by atoms with van der Waals surface area (Å²) in [6, 6.07) is 10.3. The predicted octanol–water partition coefficient (Wildman–Crippen LogP) is 2.69. The first-order chi connectivity index (χ1) is 11.9. The molecule has 0 spiro atoms. The number of carbonyl (C=O) groups excluding carboxylic acids is 1. The zero-order chi connectivity index (χ0) is 18.0. The molecule has 1 amide bonds. The number of hydrogen-bond acceptors (Lipinski definition) is 5. The van der Waals surface area contributed by atoms with E-state index < -0.39 is 5.54 Å². The summed E-state index contributed by atoms with van der Waals surface area (Å²) in [5.41, 5.74) is 1.42. The molecule has 1 saturated carbocycles. The van der Waals surface area contributed by atoms with E-state index in [-0.39, 0.29) is 17.6 Å². The van der Waals surface area contributed by atoms with Crippen LogP contribution in [0.15, 0.2) is 29.4 Å². The van der Waals surface area contributed by atoms with Crippen LogP contribution in [0.2, 0.25) is 0 Å². The molecule has 1 heterocycles. The van der Waals surface area contributed by atoms with Crippen LogP contribution in [0.1, 0.15) is 25.3 Å². The van der Waals surface area contributed by atoms with Gasteiger partial charge in [0.15, 0.2) is 11.0 Å². The van der Waals surface area contributed by atoms with Crippen molar-refractivity contribution in [2.45, 2.75) is 37.4 Å². The Balaban J connectivity index is 1.63. The van der Waals surface area contributed by atoms with Crippen molar-refractivity contribution in [3.05, 3.63) is 29.8 Å². The molecule has 1 atom stereocenters. The highest BCUT2D eigenvalue weighted by Gasteiger charge is 2.42. The van der Waals surface area contributed by atoms with Gasteiger partial charge in [-0.1, -0.05) is 41.6 Å². The Kier molecular flexibility index (Phi) is 4.82. The van der Waals surface area contributed by atoms with Crippen molar-refractivity contribution in [3.8, 4) is 17.5 Å². The average molecular weight is 355 g/mol. The molecule has 130 valence electrons. The lowest BCUT2D eigenvalue weighted by atomic mass is 9.98. The number of hydrogen-bond donors (Lipinski definition) is 1. The van der Waals surface area contributed by atoms with Crippen LogP contribution in [0.4, 0.5) is 0 Å². The summed E-state index contributed by atoms with van der Waals surface area (Å²) in [7, 11) is 1.89. The largest absolute Gasteiger partial charge is 0.337 e. The van der Waals surface area contributed by atoms with Crippen LogP contribution in [-0.2, 0) is 11.8 Å². The number of aromatic nitrogens is 3. The molecule has 1 aromatic heterocycles. The highest BCUT2D eigenvalue weighted by Crippen LogP contribution is 2.39. The summed E-state index contributed by atoms with van der Waals surface area (Å²) in [5, 5.41) is 21.3. The Hall–Kier alpha value is -2.33. The van der Waals surface area contributed by atoms with Crippen LogP contribution in [0.25, 0.3) is 11.4 Å². The fourth-order valence-electron chi connectivity index (χ4n) is 2.73. The molecule has 1 aromatic carbocycles. The minimum atomic E-state index is -0.759. The lowest BCUT2D eigenvalue weighted by Gasteiger charge is -2.22. The fraction of sp³-hybridized carbons (Fsp3) is 0.444. The second-order valence-electron chi connectivity index (χ2n) is 6.66. The van der Waals surface area contributed by atoms with Crippen LogP contribution in [0, 0.1) is 24.2 Å². The molecule has 1 unspecified atom stereocenters. The van der Waals surface area contributed by atoms with Gasteiger partial charge in [0, 0.05) is 12.6 Å². The van der Waals surface area contributed by atoms with Gasteiger partial charge in [0.05, 0.1) is 11.8 Å². The third-order valence-electron chi connectivity index (χ3n) is 4.50. The second kappa shape index (κ2) is 6.89. The van der Waals surface area contributed by atoms with E-state index in [1.807, 2.05) is 42.8 Å². The van der Waals surface area contributed by atoms with Gasteiger partial charge in [-0.2, -0.15) is 5.26 Å². The maximum atomic E-state index is 12.2. The van der Waals surface area contributed by atoms with E-state index in [4.69, 9.17) is 0 Å². The SMILES string of the molecule is Cc1ccc(-c2nnc(SCC(=O)NC(C)(C#N)C3CC3)n2C)cc1. The lowest BCUT2D eigenvalue weighted by Crippen LogP contribution is -2.47. The monoisotopic (exact) mass is 355 g/mol. The molecule has 1 aliphatic carbocycles. The number of carbonyl (C=O) groups is 1. The van der Waals surface area contributed by atoms with E-state index in [0.717, 1.165) is 24.2 Å². The highest BCUT2D eigenvalue weighted by molar-refractivity contribution is 7.99. The molecular weight excluding hydrogens is 334 g/mol. The van der Waals surface area contributed by atoms with Gasteiger partial charge >= 0.3 is 0 Å². The molecule has 0 radical (unpaired) electrons. The van der Waals surface area contributed by atoms with E-state index in [1.165, 1.54) is 17.3 Å². The zero-order valence-corrected chi connectivity index (χ0v) is 15.4. The molecule has 25 heavy (non-hydrogen) atoms. The van der Waals surface area contributed by atoms with Crippen molar-refractivity contribution >= 4 is 17.7 Å². The summed E-state index contributed by atoms with van der Waals surface area (Å²) in [4.78, 5) is 12.2. The van der Waals surface area contributed by atoms with Crippen LogP contribution in [0.3, 0.4) is 0 Å². The van der Waals surface area contributed by atoms with Gasteiger partial charge in [-0.3, -0.25) is 4.79 Å².